The van der Waals surface area contributed by atoms with Crippen LogP contribution in [0.3, 0.4) is 0 Å². The summed E-state index contributed by atoms with van der Waals surface area (Å²) in [5, 5.41) is 7.44. The first kappa shape index (κ1) is 14.5. The van der Waals surface area contributed by atoms with Crippen LogP contribution < -0.4 is 5.32 Å². The molecule has 1 aromatic heterocycles. The maximum absolute atomic E-state index is 5.37. The summed E-state index contributed by atoms with van der Waals surface area (Å²) in [7, 11) is 0. The van der Waals surface area contributed by atoms with Crippen LogP contribution in [0.5, 0.6) is 0 Å². The highest BCUT2D eigenvalue weighted by molar-refractivity contribution is 7.98. The van der Waals surface area contributed by atoms with E-state index < -0.39 is 0 Å². The van der Waals surface area contributed by atoms with E-state index in [2.05, 4.69) is 43.2 Å². The first-order chi connectivity index (χ1) is 8.22. The van der Waals surface area contributed by atoms with Crippen LogP contribution in [-0.4, -0.2) is 28.5 Å². The number of hydrogen-bond acceptors (Lipinski definition) is 5. The minimum atomic E-state index is 0.308. The van der Waals surface area contributed by atoms with E-state index in [1.54, 1.807) is 0 Å². The van der Waals surface area contributed by atoms with Gasteiger partial charge >= 0.3 is 0 Å². The lowest BCUT2D eigenvalue weighted by Crippen LogP contribution is -2.31. The van der Waals surface area contributed by atoms with Gasteiger partial charge in [-0.25, -0.2) is 0 Å². The second-order valence-electron chi connectivity index (χ2n) is 4.05. The number of hydrogen-bond donors (Lipinski definition) is 1. The zero-order valence-corrected chi connectivity index (χ0v) is 12.0. The van der Waals surface area contributed by atoms with Crippen molar-refractivity contribution in [3.8, 4) is 0 Å². The smallest absolute Gasteiger partial charge is 0.231 e. The predicted octanol–water partition coefficient (Wildman–Crippen LogP) is 2.81. The molecule has 2 unspecified atom stereocenters. The van der Waals surface area contributed by atoms with Gasteiger partial charge in [0.25, 0.3) is 0 Å². The van der Waals surface area contributed by atoms with Crippen LogP contribution in [-0.2, 0) is 5.75 Å². The lowest BCUT2D eigenvalue weighted by Gasteiger charge is -2.19. The third-order valence-electron chi connectivity index (χ3n) is 2.81. The van der Waals surface area contributed by atoms with Gasteiger partial charge in [0.1, 0.15) is 0 Å². The van der Waals surface area contributed by atoms with Crippen LogP contribution in [0.1, 0.15) is 51.7 Å². The van der Waals surface area contributed by atoms with Crippen LogP contribution in [0.2, 0.25) is 0 Å². The SMILES string of the molecule is CCNC(C)C(CC)c1nc(CSCC)no1. The molecule has 0 fully saturated rings. The summed E-state index contributed by atoms with van der Waals surface area (Å²) >= 11 is 1.81. The molecule has 0 aliphatic carbocycles. The van der Waals surface area contributed by atoms with Crippen molar-refractivity contribution in [1.82, 2.24) is 15.5 Å². The lowest BCUT2D eigenvalue weighted by atomic mass is 9.98. The van der Waals surface area contributed by atoms with E-state index in [1.807, 2.05) is 11.8 Å². The van der Waals surface area contributed by atoms with E-state index in [0.29, 0.717) is 12.0 Å². The number of thioether (sulfide) groups is 1. The summed E-state index contributed by atoms with van der Waals surface area (Å²) in [6.07, 6.45) is 1.01. The molecule has 2 atom stereocenters. The molecule has 0 aliphatic heterocycles. The van der Waals surface area contributed by atoms with Crippen molar-refractivity contribution >= 4 is 11.8 Å². The zero-order valence-electron chi connectivity index (χ0n) is 11.2. The van der Waals surface area contributed by atoms with Crippen molar-refractivity contribution in [1.29, 1.82) is 0 Å². The fourth-order valence-electron chi connectivity index (χ4n) is 1.88. The Labute approximate surface area is 108 Å². The molecule has 0 bridgehead atoms. The molecule has 1 N–H and O–H groups in total. The minimum absolute atomic E-state index is 0.308. The zero-order chi connectivity index (χ0) is 12.7. The molecule has 0 aliphatic rings. The maximum atomic E-state index is 5.37. The molecule has 4 nitrogen and oxygen atoms in total. The van der Waals surface area contributed by atoms with Crippen LogP contribution >= 0.6 is 11.8 Å². The largest absolute Gasteiger partial charge is 0.339 e. The van der Waals surface area contributed by atoms with Crippen molar-refractivity contribution in [3.05, 3.63) is 11.7 Å². The molecule has 1 rings (SSSR count). The van der Waals surface area contributed by atoms with Crippen LogP contribution in [0.25, 0.3) is 0 Å². The van der Waals surface area contributed by atoms with E-state index in [4.69, 9.17) is 4.52 Å². The van der Waals surface area contributed by atoms with Crippen molar-refractivity contribution in [2.24, 2.45) is 0 Å². The van der Waals surface area contributed by atoms with E-state index in [1.165, 1.54) is 0 Å². The van der Waals surface area contributed by atoms with E-state index in [9.17, 15) is 0 Å². The van der Waals surface area contributed by atoms with Crippen LogP contribution in [0.15, 0.2) is 4.52 Å². The summed E-state index contributed by atoms with van der Waals surface area (Å²) in [6.45, 7) is 9.53. The molecule has 5 heteroatoms. The molecule has 0 radical (unpaired) electrons. The van der Waals surface area contributed by atoms with Gasteiger partial charge in [0, 0.05) is 6.04 Å². The van der Waals surface area contributed by atoms with E-state index >= 15 is 0 Å². The summed E-state index contributed by atoms with van der Waals surface area (Å²) in [5.41, 5.74) is 0. The molecule has 98 valence electrons. The summed E-state index contributed by atoms with van der Waals surface area (Å²) in [4.78, 5) is 4.48. The molecule has 1 aromatic rings. The van der Waals surface area contributed by atoms with Gasteiger partial charge in [-0.15, -0.1) is 0 Å². The number of likely N-dealkylation sites (N-methyl/N-ethyl adjacent to an activating group) is 1. The summed E-state index contributed by atoms with van der Waals surface area (Å²) in [5.74, 6) is 3.81. The Morgan fingerprint density at radius 3 is 2.71 bits per heavy atom. The third-order valence-corrected chi connectivity index (χ3v) is 3.68. The van der Waals surface area contributed by atoms with Crippen molar-refractivity contribution < 1.29 is 4.52 Å². The Morgan fingerprint density at radius 1 is 1.35 bits per heavy atom. The average Bonchev–Trinajstić information content (AvgIpc) is 2.76. The van der Waals surface area contributed by atoms with Gasteiger partial charge in [0.05, 0.1) is 11.7 Å². The molecule has 0 aromatic carbocycles. The third kappa shape index (κ3) is 4.32. The normalized spacial score (nSPS) is 14.8. The summed E-state index contributed by atoms with van der Waals surface area (Å²) < 4.78 is 5.37. The quantitative estimate of drug-likeness (QED) is 0.776. The van der Waals surface area contributed by atoms with E-state index in [0.717, 1.165) is 36.2 Å². The number of nitrogens with zero attached hydrogens (tertiary/aromatic N) is 2. The van der Waals surface area contributed by atoms with Gasteiger partial charge in [-0.3, -0.25) is 0 Å². The van der Waals surface area contributed by atoms with Crippen molar-refractivity contribution in [3.63, 3.8) is 0 Å². The molecule has 17 heavy (non-hydrogen) atoms. The lowest BCUT2D eigenvalue weighted by molar-refractivity contribution is 0.316. The van der Waals surface area contributed by atoms with Gasteiger partial charge in [-0.1, -0.05) is 25.9 Å². The fourth-order valence-corrected chi connectivity index (χ4v) is 2.38. The van der Waals surface area contributed by atoms with E-state index in [-0.39, 0.29) is 0 Å². The van der Waals surface area contributed by atoms with Crippen LogP contribution in [0.4, 0.5) is 0 Å². The highest BCUT2D eigenvalue weighted by atomic mass is 32.2. The van der Waals surface area contributed by atoms with Crippen molar-refractivity contribution in [2.75, 3.05) is 12.3 Å². The van der Waals surface area contributed by atoms with Crippen LogP contribution in [0, 0.1) is 0 Å². The Kier molecular flexibility index (Phi) is 6.58. The van der Waals surface area contributed by atoms with Gasteiger partial charge in [-0.05, 0) is 25.6 Å². The Morgan fingerprint density at radius 2 is 2.12 bits per heavy atom. The Hall–Kier alpha value is -0.550. The number of nitrogens with one attached hydrogen (secondary N) is 1. The van der Waals surface area contributed by atoms with Gasteiger partial charge in [0.15, 0.2) is 5.82 Å². The summed E-state index contributed by atoms with van der Waals surface area (Å²) in [6, 6.07) is 0.372. The monoisotopic (exact) mass is 257 g/mol. The first-order valence-corrected chi connectivity index (χ1v) is 7.51. The maximum Gasteiger partial charge on any atom is 0.231 e. The van der Waals surface area contributed by atoms with Crippen molar-refractivity contribution in [2.45, 2.75) is 51.8 Å². The minimum Gasteiger partial charge on any atom is -0.339 e. The topological polar surface area (TPSA) is 51.0 Å². The molecule has 0 spiro atoms. The molecular formula is C12H23N3OS. The van der Waals surface area contributed by atoms with Gasteiger partial charge in [-0.2, -0.15) is 16.7 Å². The highest BCUT2D eigenvalue weighted by Gasteiger charge is 2.22. The molecular weight excluding hydrogens is 234 g/mol. The first-order valence-electron chi connectivity index (χ1n) is 6.36. The molecule has 0 saturated heterocycles. The van der Waals surface area contributed by atoms with Gasteiger partial charge in [0.2, 0.25) is 5.89 Å². The molecule has 1 heterocycles. The highest BCUT2D eigenvalue weighted by Crippen LogP contribution is 2.22. The average molecular weight is 257 g/mol. The molecule has 0 saturated carbocycles. The number of rotatable bonds is 8. The number of aromatic nitrogens is 2. The fraction of sp³-hybridized carbons (Fsp3) is 0.833. The molecule has 0 amide bonds. The van der Waals surface area contributed by atoms with Gasteiger partial charge < -0.3 is 9.84 Å². The second kappa shape index (κ2) is 7.71. The Balaban J connectivity index is 2.65. The second-order valence-corrected chi connectivity index (χ2v) is 5.32. The Bertz CT molecular complexity index is 316. The standard InChI is InChI=1S/C12H23N3OS/c1-5-10(9(4)13-6-2)12-14-11(15-16-12)8-17-7-3/h9-10,13H,5-8H2,1-4H3. The predicted molar refractivity (Wildman–Crippen MR) is 72.3 cm³/mol.